The molecule has 1 heterocycles. The summed E-state index contributed by atoms with van der Waals surface area (Å²) in [5.74, 6) is -1.52. The molecule has 0 unspecified atom stereocenters. The lowest BCUT2D eigenvalue weighted by Gasteiger charge is -2.13. The topological polar surface area (TPSA) is 74.4 Å². The summed E-state index contributed by atoms with van der Waals surface area (Å²) in [5.41, 5.74) is 6.20. The highest BCUT2D eigenvalue weighted by atomic mass is 19.1. The van der Waals surface area contributed by atoms with Gasteiger partial charge in [-0.2, -0.15) is 0 Å². The summed E-state index contributed by atoms with van der Waals surface area (Å²) in [4.78, 5) is 17.0. The van der Waals surface area contributed by atoms with Crippen LogP contribution in [0.2, 0.25) is 0 Å². The Morgan fingerprint density at radius 3 is 2.31 bits per heavy atom. The van der Waals surface area contributed by atoms with Crippen molar-refractivity contribution >= 4 is 16.6 Å². The molecule has 0 bridgehead atoms. The second-order valence-corrected chi connectivity index (χ2v) is 5.54. The summed E-state index contributed by atoms with van der Waals surface area (Å²) in [6.45, 7) is 0.193. The van der Waals surface area contributed by atoms with E-state index in [4.69, 9.17) is 15.2 Å². The van der Waals surface area contributed by atoms with Gasteiger partial charge < -0.3 is 15.2 Å². The molecular formula is C19H16F2N2O3. The van der Waals surface area contributed by atoms with Crippen LogP contribution in [0.15, 0.2) is 36.5 Å². The number of methoxy groups -OCH3 is 2. The third-order valence-electron chi connectivity index (χ3n) is 4.09. The third-order valence-corrected chi connectivity index (χ3v) is 4.09. The zero-order valence-corrected chi connectivity index (χ0v) is 14.2. The molecule has 1 aromatic heterocycles. The number of fused-ring (bicyclic) bond motifs is 1. The highest BCUT2D eigenvalue weighted by Gasteiger charge is 2.21. The van der Waals surface area contributed by atoms with Gasteiger partial charge in [-0.3, -0.25) is 9.78 Å². The van der Waals surface area contributed by atoms with Crippen molar-refractivity contribution in [1.29, 1.82) is 0 Å². The predicted molar refractivity (Wildman–Crippen MR) is 92.5 cm³/mol. The number of rotatable bonds is 5. The summed E-state index contributed by atoms with van der Waals surface area (Å²) >= 11 is 0. The smallest absolute Gasteiger partial charge is 0.214 e. The fraction of sp³-hybridized carbons (Fsp3) is 0.158. The van der Waals surface area contributed by atoms with Gasteiger partial charge in [0, 0.05) is 24.2 Å². The monoisotopic (exact) mass is 358 g/mol. The molecule has 0 aliphatic rings. The summed E-state index contributed by atoms with van der Waals surface area (Å²) in [6, 6.07) is 6.06. The summed E-state index contributed by atoms with van der Waals surface area (Å²) in [6.07, 6.45) is 1.46. The Morgan fingerprint density at radius 1 is 1.08 bits per heavy atom. The minimum Gasteiger partial charge on any atom is -0.493 e. The van der Waals surface area contributed by atoms with Gasteiger partial charge in [-0.05, 0) is 35.2 Å². The van der Waals surface area contributed by atoms with Crippen LogP contribution in [0.1, 0.15) is 21.6 Å². The van der Waals surface area contributed by atoms with Crippen LogP contribution in [0, 0.1) is 11.6 Å². The molecule has 26 heavy (non-hydrogen) atoms. The number of carbonyl (C=O) groups is 1. The van der Waals surface area contributed by atoms with Gasteiger partial charge in [-0.1, -0.05) is 0 Å². The van der Waals surface area contributed by atoms with E-state index in [1.54, 1.807) is 12.1 Å². The second kappa shape index (κ2) is 7.05. The van der Waals surface area contributed by atoms with E-state index in [0.717, 1.165) is 12.1 Å². The van der Waals surface area contributed by atoms with Gasteiger partial charge in [-0.15, -0.1) is 0 Å². The van der Waals surface area contributed by atoms with Gasteiger partial charge in [0.25, 0.3) is 0 Å². The van der Waals surface area contributed by atoms with Crippen LogP contribution in [0.25, 0.3) is 10.8 Å². The summed E-state index contributed by atoms with van der Waals surface area (Å²) < 4.78 is 37.7. The van der Waals surface area contributed by atoms with Crippen LogP contribution >= 0.6 is 0 Å². The third kappa shape index (κ3) is 2.97. The number of hydrogen-bond acceptors (Lipinski definition) is 5. The molecule has 0 amide bonds. The zero-order valence-electron chi connectivity index (χ0n) is 14.2. The lowest BCUT2D eigenvalue weighted by atomic mass is 9.98. The molecule has 5 nitrogen and oxygen atoms in total. The Hall–Kier alpha value is -3.06. The summed E-state index contributed by atoms with van der Waals surface area (Å²) in [7, 11) is 2.96. The van der Waals surface area contributed by atoms with Gasteiger partial charge in [0.1, 0.15) is 17.3 Å². The van der Waals surface area contributed by atoms with Crippen molar-refractivity contribution in [2.24, 2.45) is 5.73 Å². The van der Waals surface area contributed by atoms with E-state index in [9.17, 15) is 13.6 Å². The van der Waals surface area contributed by atoms with Crippen molar-refractivity contribution in [3.63, 3.8) is 0 Å². The number of ether oxygens (including phenoxy) is 2. The standard InChI is InChI=1S/C19H16F2N2O3/c1-25-16-6-13-10(8-22)9-23-18(14(13)7-17(16)26-2)19(24)12-4-3-11(20)5-15(12)21/h3-7,9H,8,22H2,1-2H3. The van der Waals surface area contributed by atoms with Crippen molar-refractivity contribution in [1.82, 2.24) is 4.98 Å². The fourth-order valence-corrected chi connectivity index (χ4v) is 2.77. The maximum absolute atomic E-state index is 14.0. The molecule has 0 fully saturated rings. The van der Waals surface area contributed by atoms with Crippen molar-refractivity contribution in [3.05, 3.63) is 65.0 Å². The number of benzene rings is 2. The first-order valence-electron chi connectivity index (χ1n) is 7.73. The van der Waals surface area contributed by atoms with Gasteiger partial charge in [0.2, 0.25) is 5.78 Å². The average Bonchev–Trinajstić information content (AvgIpc) is 2.65. The van der Waals surface area contributed by atoms with E-state index in [1.165, 1.54) is 20.4 Å². The van der Waals surface area contributed by atoms with Gasteiger partial charge in [0.15, 0.2) is 11.5 Å². The Morgan fingerprint density at radius 2 is 1.73 bits per heavy atom. The first-order chi connectivity index (χ1) is 12.5. The van der Waals surface area contributed by atoms with E-state index < -0.39 is 17.4 Å². The van der Waals surface area contributed by atoms with Crippen molar-refractivity contribution in [2.75, 3.05) is 14.2 Å². The average molecular weight is 358 g/mol. The maximum atomic E-state index is 14.0. The molecule has 7 heteroatoms. The number of pyridine rings is 1. The molecule has 0 aliphatic heterocycles. The van der Waals surface area contributed by atoms with E-state index >= 15 is 0 Å². The highest BCUT2D eigenvalue weighted by molar-refractivity contribution is 6.15. The molecule has 2 aromatic carbocycles. The van der Waals surface area contributed by atoms with E-state index in [0.29, 0.717) is 33.9 Å². The summed E-state index contributed by atoms with van der Waals surface area (Å²) in [5, 5.41) is 1.09. The second-order valence-electron chi connectivity index (χ2n) is 5.54. The predicted octanol–water partition coefficient (Wildman–Crippen LogP) is 3.22. The SMILES string of the molecule is COc1cc2c(CN)cnc(C(=O)c3ccc(F)cc3F)c2cc1OC. The largest absolute Gasteiger partial charge is 0.493 e. The van der Waals surface area contributed by atoms with Crippen LogP contribution in [-0.4, -0.2) is 25.0 Å². The fourth-order valence-electron chi connectivity index (χ4n) is 2.77. The number of nitrogens with two attached hydrogens (primary N) is 1. The van der Waals surface area contributed by atoms with Crippen LogP contribution < -0.4 is 15.2 Å². The molecule has 2 N–H and O–H groups in total. The minimum atomic E-state index is -0.951. The molecule has 0 spiro atoms. The number of ketones is 1. The number of halogens is 2. The van der Waals surface area contributed by atoms with Crippen molar-refractivity contribution < 1.29 is 23.0 Å². The quantitative estimate of drug-likeness (QED) is 0.709. The molecular weight excluding hydrogens is 342 g/mol. The van der Waals surface area contributed by atoms with Crippen LogP contribution in [0.5, 0.6) is 11.5 Å². The van der Waals surface area contributed by atoms with Gasteiger partial charge in [-0.25, -0.2) is 8.78 Å². The molecule has 3 rings (SSSR count). The Bertz CT molecular complexity index is 1010. The van der Waals surface area contributed by atoms with Gasteiger partial charge >= 0.3 is 0 Å². The molecule has 134 valence electrons. The van der Waals surface area contributed by atoms with Crippen molar-refractivity contribution in [3.8, 4) is 11.5 Å². The lowest BCUT2D eigenvalue weighted by Crippen LogP contribution is -2.10. The van der Waals surface area contributed by atoms with E-state index in [1.807, 2.05) is 0 Å². The molecule has 3 aromatic rings. The van der Waals surface area contributed by atoms with Crippen molar-refractivity contribution in [2.45, 2.75) is 6.54 Å². The molecule has 0 atom stereocenters. The number of carbonyl (C=O) groups excluding carboxylic acids is 1. The Kier molecular flexibility index (Phi) is 4.81. The number of aromatic nitrogens is 1. The zero-order chi connectivity index (χ0) is 18.8. The lowest BCUT2D eigenvalue weighted by molar-refractivity contribution is 0.103. The number of hydrogen-bond donors (Lipinski definition) is 1. The molecule has 0 saturated carbocycles. The maximum Gasteiger partial charge on any atom is 0.214 e. The normalized spacial score (nSPS) is 10.8. The Labute approximate surface area is 148 Å². The molecule has 0 saturated heterocycles. The van der Waals surface area contributed by atoms with E-state index in [2.05, 4.69) is 4.98 Å². The Balaban J connectivity index is 2.27. The van der Waals surface area contributed by atoms with E-state index in [-0.39, 0.29) is 17.8 Å². The molecule has 0 aliphatic carbocycles. The van der Waals surface area contributed by atoms with Gasteiger partial charge in [0.05, 0.1) is 19.8 Å². The van der Waals surface area contributed by atoms with Crippen LogP contribution in [0.4, 0.5) is 8.78 Å². The van der Waals surface area contributed by atoms with Crippen LogP contribution in [0.3, 0.4) is 0 Å². The first kappa shape index (κ1) is 17.8. The first-order valence-corrected chi connectivity index (χ1v) is 7.73. The highest BCUT2D eigenvalue weighted by Crippen LogP contribution is 2.35. The molecule has 0 radical (unpaired) electrons. The minimum absolute atomic E-state index is 0.0173. The van der Waals surface area contributed by atoms with Crippen LogP contribution in [-0.2, 0) is 6.54 Å². The number of nitrogens with zero attached hydrogens (tertiary/aromatic N) is 1.